The van der Waals surface area contributed by atoms with E-state index >= 15 is 0 Å². The maximum absolute atomic E-state index is 10.3. The summed E-state index contributed by atoms with van der Waals surface area (Å²) in [6.07, 6.45) is 0. The van der Waals surface area contributed by atoms with Gasteiger partial charge >= 0.3 is 40.0 Å². The number of hydrogen-bond donors (Lipinski definition) is 0. The van der Waals surface area contributed by atoms with Crippen molar-refractivity contribution in [3.05, 3.63) is 0 Å². The molecule has 0 atom stereocenters. The monoisotopic (exact) mass is 210 g/mol. The van der Waals surface area contributed by atoms with Crippen molar-refractivity contribution in [2.45, 2.75) is 0 Å². The molecule has 48 valence electrons. The minimum atomic E-state index is -9.99. The molecule has 0 fully saturated rings. The summed E-state index contributed by atoms with van der Waals surface area (Å²) in [5, 5.41) is 0. The van der Waals surface area contributed by atoms with Crippen LogP contribution in [0.1, 0.15) is 0 Å². The SMILES string of the molecule is F[Se](F)(F)(F)(F)Cl. The molecule has 0 aliphatic carbocycles. The predicted octanol–water partition coefficient (Wildman–Crippen LogP) is 2.41. The van der Waals surface area contributed by atoms with Crippen molar-refractivity contribution in [3.8, 4) is 0 Å². The van der Waals surface area contributed by atoms with Crippen molar-refractivity contribution in [3.63, 3.8) is 0 Å². The van der Waals surface area contributed by atoms with E-state index < -0.39 is 12.1 Å². The molecule has 0 amide bonds. The van der Waals surface area contributed by atoms with E-state index in [0.717, 1.165) is 0 Å². The molecule has 0 saturated heterocycles. The number of halogens is 6. The molecule has 0 heterocycles. The van der Waals surface area contributed by atoms with E-state index in [2.05, 4.69) is 10.1 Å². The summed E-state index contributed by atoms with van der Waals surface area (Å²) in [6, 6.07) is 0. The fourth-order valence-corrected chi connectivity index (χ4v) is 0. The molecular weight excluding hydrogens is 209 g/mol. The molecule has 0 bridgehead atoms. The Labute approximate surface area is 40.7 Å². The Morgan fingerprint density at radius 2 is 0.857 bits per heavy atom. The zero-order chi connectivity index (χ0) is 6.41. The molecule has 0 unspecified atom stereocenters. The van der Waals surface area contributed by atoms with Gasteiger partial charge in [0.05, 0.1) is 0 Å². The van der Waals surface area contributed by atoms with Gasteiger partial charge in [0.1, 0.15) is 0 Å². The molecule has 0 rings (SSSR count). The summed E-state index contributed by atoms with van der Waals surface area (Å²) in [5.41, 5.74) is 0. The van der Waals surface area contributed by atoms with Crippen molar-refractivity contribution in [2.24, 2.45) is 0 Å². The fourth-order valence-electron chi connectivity index (χ4n) is 0. The second-order valence-corrected chi connectivity index (χ2v) is 7.58. The molecule has 0 aromatic heterocycles. The van der Waals surface area contributed by atoms with Gasteiger partial charge < -0.3 is 0 Å². The van der Waals surface area contributed by atoms with Gasteiger partial charge in [0.2, 0.25) is 0 Å². The van der Waals surface area contributed by atoms with Gasteiger partial charge in [0, 0.05) is 0 Å². The summed E-state index contributed by atoms with van der Waals surface area (Å²) in [4.78, 5) is 0. The molecule has 0 aliphatic heterocycles. The molecule has 0 aromatic carbocycles. The normalized spacial score (nSPS) is 23.1. The molecule has 7 heavy (non-hydrogen) atoms. The van der Waals surface area contributed by atoms with Crippen molar-refractivity contribution < 1.29 is 17.8 Å². The van der Waals surface area contributed by atoms with E-state index in [1.807, 2.05) is 0 Å². The summed E-state index contributed by atoms with van der Waals surface area (Å²) >= 11 is -9.99. The number of hydrogen-bond acceptors (Lipinski definition) is 0. The van der Waals surface area contributed by atoms with Crippen LogP contribution in [0, 0.1) is 0 Å². The van der Waals surface area contributed by atoms with E-state index in [9.17, 15) is 17.8 Å². The Balaban J connectivity index is 4.43. The average molecular weight is 209 g/mol. The summed E-state index contributed by atoms with van der Waals surface area (Å²) in [5.74, 6) is 0. The Morgan fingerprint density at radius 1 is 0.857 bits per heavy atom. The third kappa shape index (κ3) is 608. The second-order valence-electron chi connectivity index (χ2n) is 0.875. The topological polar surface area (TPSA) is 0 Å². The first-order chi connectivity index (χ1) is 2.45. The zero-order valence-electron chi connectivity index (χ0n) is 2.68. The molecule has 0 saturated carbocycles. The zero-order valence-corrected chi connectivity index (χ0v) is 5.15. The van der Waals surface area contributed by atoms with Crippen LogP contribution < -0.4 is 0 Å². The standard InChI is InChI=1S/ClF5Se/c1-7(2,3,4,5)6. The van der Waals surface area contributed by atoms with Crippen LogP contribution >= 0.6 is 10.1 Å². The molecule has 0 aliphatic rings. The van der Waals surface area contributed by atoms with Gasteiger partial charge in [-0.3, -0.25) is 0 Å². The number of rotatable bonds is 0. The van der Waals surface area contributed by atoms with Crippen LogP contribution in [0.4, 0.5) is 17.8 Å². The Hall–Kier alpha value is 0.459. The van der Waals surface area contributed by atoms with Gasteiger partial charge in [0.15, 0.2) is 0 Å². The fraction of sp³-hybridized carbons (Fsp3) is 0. The maximum atomic E-state index is 10.3. The van der Waals surface area contributed by atoms with Gasteiger partial charge in [-0.1, -0.05) is 0 Å². The van der Waals surface area contributed by atoms with E-state index in [4.69, 9.17) is 0 Å². The minimum absolute atomic E-state index is 2.87. The van der Waals surface area contributed by atoms with Crippen molar-refractivity contribution >= 4 is 22.2 Å². The Bertz CT molecular complexity index is 66.6. The van der Waals surface area contributed by atoms with Crippen LogP contribution in [0.5, 0.6) is 0 Å². The second kappa shape index (κ2) is 0.806. The summed E-state index contributed by atoms with van der Waals surface area (Å²) in [7, 11) is 2.87. The summed E-state index contributed by atoms with van der Waals surface area (Å²) < 4.78 is 51.6. The third-order valence-corrected chi connectivity index (χ3v) is 0. The van der Waals surface area contributed by atoms with Gasteiger partial charge in [-0.2, -0.15) is 0 Å². The molecular formula is ClF5Se. The Kier molecular flexibility index (Phi) is 0.858. The molecule has 0 radical (unpaired) electrons. The molecule has 0 aromatic rings. The van der Waals surface area contributed by atoms with Crippen molar-refractivity contribution in [1.82, 2.24) is 0 Å². The van der Waals surface area contributed by atoms with Crippen LogP contribution in [0.15, 0.2) is 0 Å². The van der Waals surface area contributed by atoms with Crippen LogP contribution in [0.2, 0.25) is 0 Å². The first-order valence-corrected chi connectivity index (χ1v) is 6.41. The van der Waals surface area contributed by atoms with Crippen LogP contribution in [0.3, 0.4) is 0 Å². The van der Waals surface area contributed by atoms with Gasteiger partial charge in [-0.15, -0.1) is 0 Å². The van der Waals surface area contributed by atoms with E-state index in [-0.39, 0.29) is 0 Å². The molecule has 0 spiro atoms. The van der Waals surface area contributed by atoms with Crippen LogP contribution in [0.25, 0.3) is 0 Å². The third-order valence-electron chi connectivity index (χ3n) is 0. The Morgan fingerprint density at radius 3 is 0.857 bits per heavy atom. The van der Waals surface area contributed by atoms with E-state index in [1.165, 1.54) is 0 Å². The van der Waals surface area contributed by atoms with Crippen LogP contribution in [-0.2, 0) is 0 Å². The molecule has 0 nitrogen and oxygen atoms in total. The average Bonchev–Trinajstić information content (AvgIpc) is 0.592. The van der Waals surface area contributed by atoms with Gasteiger partial charge in [-0.25, -0.2) is 0 Å². The van der Waals surface area contributed by atoms with Gasteiger partial charge in [0.25, 0.3) is 0 Å². The quantitative estimate of drug-likeness (QED) is 0.424. The van der Waals surface area contributed by atoms with Crippen LogP contribution in [-0.4, -0.2) is 12.1 Å². The van der Waals surface area contributed by atoms with E-state index in [0.29, 0.717) is 0 Å². The van der Waals surface area contributed by atoms with Gasteiger partial charge in [-0.05, 0) is 0 Å². The molecule has 7 heteroatoms. The first-order valence-electron chi connectivity index (χ1n) is 0.926. The van der Waals surface area contributed by atoms with E-state index in [1.54, 1.807) is 0 Å². The predicted molar refractivity (Wildman–Crippen MR) is 17.1 cm³/mol. The molecule has 0 N–H and O–H groups in total. The first kappa shape index (κ1) is 7.46. The van der Waals surface area contributed by atoms with Crippen molar-refractivity contribution in [1.29, 1.82) is 0 Å². The van der Waals surface area contributed by atoms with Crippen molar-refractivity contribution in [2.75, 3.05) is 0 Å². The summed E-state index contributed by atoms with van der Waals surface area (Å²) in [6.45, 7) is 0.